The fourth-order valence-corrected chi connectivity index (χ4v) is 3.44. The molecule has 0 saturated carbocycles. The first-order valence-electron chi connectivity index (χ1n) is 7.15. The van der Waals surface area contributed by atoms with Gasteiger partial charge in [0.2, 0.25) is 0 Å². The Labute approximate surface area is 138 Å². The minimum atomic E-state index is -0.0566. The summed E-state index contributed by atoms with van der Waals surface area (Å²) in [6.45, 7) is 0. The predicted molar refractivity (Wildman–Crippen MR) is 94.7 cm³/mol. The van der Waals surface area contributed by atoms with Crippen LogP contribution in [0.4, 0.5) is 0 Å². The van der Waals surface area contributed by atoms with Crippen molar-refractivity contribution in [2.75, 3.05) is 14.2 Å². The standard InChI is InChI=1S/C19H16O3S/c1-21-14-10-7-13(8-11-14)9-12-16(20)19-18(22-2)15-5-3-4-6-17(15)23-19/h3-12H,1-2H3/b12-9+. The van der Waals surface area contributed by atoms with Gasteiger partial charge in [0.1, 0.15) is 16.4 Å². The van der Waals surface area contributed by atoms with E-state index in [0.717, 1.165) is 21.4 Å². The highest BCUT2D eigenvalue weighted by Gasteiger charge is 2.16. The summed E-state index contributed by atoms with van der Waals surface area (Å²) in [5.74, 6) is 1.38. The van der Waals surface area contributed by atoms with Crippen molar-refractivity contribution in [3.63, 3.8) is 0 Å². The van der Waals surface area contributed by atoms with E-state index in [9.17, 15) is 4.79 Å². The molecule has 1 heterocycles. The van der Waals surface area contributed by atoms with Crippen LogP contribution in [0.5, 0.6) is 11.5 Å². The smallest absolute Gasteiger partial charge is 0.199 e. The summed E-state index contributed by atoms with van der Waals surface area (Å²) < 4.78 is 11.6. The van der Waals surface area contributed by atoms with E-state index in [1.807, 2.05) is 48.5 Å². The van der Waals surface area contributed by atoms with Crippen LogP contribution in [0.25, 0.3) is 16.2 Å². The molecule has 0 aliphatic rings. The molecule has 0 radical (unpaired) electrons. The van der Waals surface area contributed by atoms with Crippen LogP contribution in [0.15, 0.2) is 54.6 Å². The lowest BCUT2D eigenvalue weighted by molar-refractivity contribution is 0.104. The number of carbonyl (C=O) groups is 1. The van der Waals surface area contributed by atoms with Crippen molar-refractivity contribution in [1.29, 1.82) is 0 Å². The first-order chi connectivity index (χ1) is 11.2. The maximum absolute atomic E-state index is 12.5. The van der Waals surface area contributed by atoms with E-state index in [4.69, 9.17) is 9.47 Å². The average Bonchev–Trinajstić information content (AvgIpc) is 2.98. The average molecular weight is 324 g/mol. The van der Waals surface area contributed by atoms with Crippen LogP contribution in [0.1, 0.15) is 15.2 Å². The number of ketones is 1. The summed E-state index contributed by atoms with van der Waals surface area (Å²) in [5.41, 5.74) is 0.944. The second-order valence-corrected chi connectivity index (χ2v) is 5.98. The fraction of sp³-hybridized carbons (Fsp3) is 0.105. The summed E-state index contributed by atoms with van der Waals surface area (Å²) in [6, 6.07) is 15.4. The van der Waals surface area contributed by atoms with Gasteiger partial charge >= 0.3 is 0 Å². The van der Waals surface area contributed by atoms with E-state index in [2.05, 4.69) is 0 Å². The molecule has 3 aromatic rings. The second-order valence-electron chi connectivity index (χ2n) is 4.93. The van der Waals surface area contributed by atoms with Crippen molar-refractivity contribution < 1.29 is 14.3 Å². The number of ether oxygens (including phenoxy) is 2. The Balaban J connectivity index is 1.89. The number of methoxy groups -OCH3 is 2. The molecular formula is C19H16O3S. The summed E-state index contributed by atoms with van der Waals surface area (Å²) in [7, 11) is 3.22. The molecule has 3 rings (SSSR count). The van der Waals surface area contributed by atoms with Crippen LogP contribution in [0.2, 0.25) is 0 Å². The Morgan fingerprint density at radius 1 is 1.00 bits per heavy atom. The lowest BCUT2D eigenvalue weighted by Crippen LogP contribution is -1.94. The Morgan fingerprint density at radius 2 is 1.74 bits per heavy atom. The van der Waals surface area contributed by atoms with Crippen LogP contribution < -0.4 is 9.47 Å². The van der Waals surface area contributed by atoms with Crippen LogP contribution in [-0.4, -0.2) is 20.0 Å². The highest BCUT2D eigenvalue weighted by molar-refractivity contribution is 7.21. The summed E-state index contributed by atoms with van der Waals surface area (Å²) in [5, 5.41) is 0.973. The van der Waals surface area contributed by atoms with Crippen LogP contribution >= 0.6 is 11.3 Å². The molecule has 23 heavy (non-hydrogen) atoms. The van der Waals surface area contributed by atoms with Crippen molar-refractivity contribution in [1.82, 2.24) is 0 Å². The molecular weight excluding hydrogens is 308 g/mol. The van der Waals surface area contributed by atoms with E-state index in [1.54, 1.807) is 26.4 Å². The van der Waals surface area contributed by atoms with Gasteiger partial charge in [-0.25, -0.2) is 0 Å². The number of hydrogen-bond donors (Lipinski definition) is 0. The van der Waals surface area contributed by atoms with Crippen molar-refractivity contribution in [2.45, 2.75) is 0 Å². The molecule has 0 spiro atoms. The number of thiophene rings is 1. The molecule has 4 heteroatoms. The van der Waals surface area contributed by atoms with Gasteiger partial charge in [-0.05, 0) is 35.9 Å². The molecule has 1 aromatic heterocycles. The maximum Gasteiger partial charge on any atom is 0.199 e. The molecule has 2 aromatic carbocycles. The van der Waals surface area contributed by atoms with Gasteiger partial charge in [-0.2, -0.15) is 0 Å². The first kappa shape index (κ1) is 15.3. The molecule has 0 saturated heterocycles. The largest absolute Gasteiger partial charge is 0.497 e. The molecule has 0 N–H and O–H groups in total. The summed E-state index contributed by atoms with van der Waals surface area (Å²) in [6.07, 6.45) is 3.38. The summed E-state index contributed by atoms with van der Waals surface area (Å²) in [4.78, 5) is 13.1. The van der Waals surface area contributed by atoms with Crippen LogP contribution in [-0.2, 0) is 0 Å². The van der Waals surface area contributed by atoms with Gasteiger partial charge in [0.15, 0.2) is 5.78 Å². The van der Waals surface area contributed by atoms with Crippen molar-refractivity contribution in [2.24, 2.45) is 0 Å². The Kier molecular flexibility index (Phi) is 4.44. The quantitative estimate of drug-likeness (QED) is 0.499. The Morgan fingerprint density at radius 3 is 2.43 bits per heavy atom. The predicted octanol–water partition coefficient (Wildman–Crippen LogP) is 4.81. The number of benzene rings is 2. The highest BCUT2D eigenvalue weighted by Crippen LogP contribution is 2.37. The fourth-order valence-electron chi connectivity index (χ4n) is 2.35. The second kappa shape index (κ2) is 6.67. The molecule has 0 atom stereocenters. The van der Waals surface area contributed by atoms with Crippen molar-refractivity contribution in [3.8, 4) is 11.5 Å². The minimum absolute atomic E-state index is 0.0566. The van der Waals surface area contributed by atoms with Gasteiger partial charge in [0, 0.05) is 10.1 Å². The van der Waals surface area contributed by atoms with E-state index in [-0.39, 0.29) is 5.78 Å². The number of hydrogen-bond acceptors (Lipinski definition) is 4. The van der Waals surface area contributed by atoms with E-state index in [1.165, 1.54) is 11.3 Å². The minimum Gasteiger partial charge on any atom is -0.497 e. The topological polar surface area (TPSA) is 35.5 Å². The van der Waals surface area contributed by atoms with Gasteiger partial charge < -0.3 is 9.47 Å². The lowest BCUT2D eigenvalue weighted by Gasteiger charge is -2.00. The van der Waals surface area contributed by atoms with Gasteiger partial charge in [-0.3, -0.25) is 4.79 Å². The number of rotatable bonds is 5. The van der Waals surface area contributed by atoms with E-state index in [0.29, 0.717) is 10.6 Å². The molecule has 0 fully saturated rings. The normalized spacial score (nSPS) is 11.0. The van der Waals surface area contributed by atoms with Gasteiger partial charge in [0.25, 0.3) is 0 Å². The molecule has 0 unspecified atom stereocenters. The molecule has 0 aliphatic carbocycles. The first-order valence-corrected chi connectivity index (χ1v) is 7.96. The van der Waals surface area contributed by atoms with Crippen molar-refractivity contribution >= 4 is 33.3 Å². The van der Waals surface area contributed by atoms with Crippen molar-refractivity contribution in [3.05, 3.63) is 65.0 Å². The van der Waals surface area contributed by atoms with Crippen LogP contribution in [0.3, 0.4) is 0 Å². The Hall–Kier alpha value is -2.59. The zero-order valence-corrected chi connectivity index (χ0v) is 13.7. The monoisotopic (exact) mass is 324 g/mol. The lowest BCUT2D eigenvalue weighted by atomic mass is 10.1. The maximum atomic E-state index is 12.5. The Bertz CT molecular complexity index is 860. The summed E-state index contributed by atoms with van der Waals surface area (Å²) >= 11 is 1.45. The van der Waals surface area contributed by atoms with Gasteiger partial charge in [-0.1, -0.05) is 30.3 Å². The van der Waals surface area contributed by atoms with Gasteiger partial charge in [-0.15, -0.1) is 11.3 Å². The van der Waals surface area contributed by atoms with Gasteiger partial charge in [0.05, 0.1) is 14.2 Å². The number of fused-ring (bicyclic) bond motifs is 1. The van der Waals surface area contributed by atoms with E-state index >= 15 is 0 Å². The zero-order chi connectivity index (χ0) is 16.2. The third-order valence-electron chi connectivity index (χ3n) is 3.52. The highest BCUT2D eigenvalue weighted by atomic mass is 32.1. The number of allylic oxidation sites excluding steroid dienone is 1. The molecule has 3 nitrogen and oxygen atoms in total. The van der Waals surface area contributed by atoms with Crippen LogP contribution in [0, 0.1) is 0 Å². The molecule has 116 valence electrons. The number of carbonyl (C=O) groups excluding carboxylic acids is 1. The molecule has 0 bridgehead atoms. The molecule has 0 amide bonds. The SMILES string of the molecule is COc1ccc(/C=C/C(=O)c2sc3ccccc3c2OC)cc1. The third-order valence-corrected chi connectivity index (χ3v) is 4.69. The molecule has 0 aliphatic heterocycles. The van der Waals surface area contributed by atoms with E-state index < -0.39 is 0 Å². The zero-order valence-electron chi connectivity index (χ0n) is 12.9. The third kappa shape index (κ3) is 3.12.